The number of hydrogen-bond acceptors (Lipinski definition) is 5. The minimum Gasteiger partial charge on any atom is -0.326 e. The number of rotatable bonds is 8. The van der Waals surface area contributed by atoms with E-state index in [2.05, 4.69) is 15.6 Å². The number of nitrogens with zero attached hydrogens (tertiary/aromatic N) is 1. The second kappa shape index (κ2) is 11.1. The van der Waals surface area contributed by atoms with Gasteiger partial charge >= 0.3 is 0 Å². The Balaban J connectivity index is 1.32. The van der Waals surface area contributed by atoms with Gasteiger partial charge in [0.25, 0.3) is 0 Å². The molecule has 7 heteroatoms. The molecular formula is C27H25N3O2S2. The van der Waals surface area contributed by atoms with Gasteiger partial charge < -0.3 is 10.6 Å². The van der Waals surface area contributed by atoms with Crippen LogP contribution >= 0.6 is 23.1 Å². The third-order valence-electron chi connectivity index (χ3n) is 5.09. The number of thioether (sulfide) groups is 1. The van der Waals surface area contributed by atoms with Crippen LogP contribution < -0.4 is 10.6 Å². The highest BCUT2D eigenvalue weighted by Gasteiger charge is 2.17. The average Bonchev–Trinajstić information content (AvgIpc) is 3.28. The van der Waals surface area contributed by atoms with Gasteiger partial charge in [0.15, 0.2) is 5.13 Å². The zero-order chi connectivity index (χ0) is 23.9. The van der Waals surface area contributed by atoms with Crippen LogP contribution in [0.2, 0.25) is 0 Å². The van der Waals surface area contributed by atoms with Gasteiger partial charge in [0.1, 0.15) is 0 Å². The zero-order valence-electron chi connectivity index (χ0n) is 18.9. The van der Waals surface area contributed by atoms with Crippen LogP contribution in [0, 0.1) is 6.92 Å². The Morgan fingerprint density at radius 3 is 2.50 bits per heavy atom. The van der Waals surface area contributed by atoms with E-state index in [0.717, 1.165) is 21.7 Å². The molecule has 0 fully saturated rings. The molecule has 0 spiro atoms. The molecule has 0 aliphatic heterocycles. The van der Waals surface area contributed by atoms with Crippen LogP contribution in [-0.2, 0) is 16.0 Å². The summed E-state index contributed by atoms with van der Waals surface area (Å²) >= 11 is 2.85. The molecule has 4 aromatic rings. The van der Waals surface area contributed by atoms with Gasteiger partial charge in [-0.3, -0.25) is 9.59 Å². The molecule has 1 heterocycles. The fourth-order valence-electron chi connectivity index (χ4n) is 3.29. The predicted molar refractivity (Wildman–Crippen MR) is 141 cm³/mol. The van der Waals surface area contributed by atoms with E-state index in [-0.39, 0.29) is 17.1 Å². The molecule has 0 aliphatic rings. The third kappa shape index (κ3) is 6.56. The number of anilines is 2. The maximum Gasteiger partial charge on any atom is 0.239 e. The van der Waals surface area contributed by atoms with Crippen molar-refractivity contribution >= 4 is 45.7 Å². The Bertz CT molecular complexity index is 1270. The lowest BCUT2D eigenvalue weighted by atomic mass is 10.1. The standard InChI is InChI=1S/C27H25N3O2S2/c1-18-11-13-21(14-12-18)24-17-33-27(29-24)30-26(32)19(2)34-23-10-6-9-22(16-23)28-25(31)15-20-7-4-3-5-8-20/h3-14,16-17,19H,15H2,1-2H3,(H,28,31)(H,29,30,32). The first-order valence-electron chi connectivity index (χ1n) is 10.9. The summed E-state index contributed by atoms with van der Waals surface area (Å²) in [5, 5.41) is 8.04. The van der Waals surface area contributed by atoms with Crippen molar-refractivity contribution < 1.29 is 9.59 Å². The summed E-state index contributed by atoms with van der Waals surface area (Å²) in [7, 11) is 0. The number of aromatic nitrogens is 1. The summed E-state index contributed by atoms with van der Waals surface area (Å²) in [5.74, 6) is -0.194. The number of aryl methyl sites for hydroxylation is 1. The van der Waals surface area contributed by atoms with Crippen LogP contribution in [0.1, 0.15) is 18.1 Å². The molecule has 2 N–H and O–H groups in total. The minimum atomic E-state index is -0.331. The number of carbonyl (C=O) groups excluding carboxylic acids is 2. The number of carbonyl (C=O) groups is 2. The molecule has 0 saturated heterocycles. The predicted octanol–water partition coefficient (Wildman–Crippen LogP) is 6.42. The Labute approximate surface area is 207 Å². The lowest BCUT2D eigenvalue weighted by molar-refractivity contribution is -0.116. The smallest absolute Gasteiger partial charge is 0.239 e. The van der Waals surface area contributed by atoms with Gasteiger partial charge in [-0.25, -0.2) is 4.98 Å². The van der Waals surface area contributed by atoms with Gasteiger partial charge in [-0.2, -0.15) is 0 Å². The number of thiazole rings is 1. The maximum atomic E-state index is 12.7. The summed E-state index contributed by atoms with van der Waals surface area (Å²) in [6.45, 7) is 3.90. The van der Waals surface area contributed by atoms with Gasteiger partial charge in [-0.15, -0.1) is 23.1 Å². The Kier molecular flexibility index (Phi) is 7.77. The molecule has 1 atom stereocenters. The van der Waals surface area contributed by atoms with Gasteiger partial charge in [-0.1, -0.05) is 66.2 Å². The molecule has 0 radical (unpaired) electrons. The fourth-order valence-corrected chi connectivity index (χ4v) is 4.94. The van der Waals surface area contributed by atoms with Gasteiger partial charge in [0.05, 0.1) is 17.4 Å². The lowest BCUT2D eigenvalue weighted by Crippen LogP contribution is -2.22. The molecule has 0 bridgehead atoms. The Morgan fingerprint density at radius 2 is 1.74 bits per heavy atom. The SMILES string of the molecule is Cc1ccc(-c2csc(NC(=O)C(C)Sc3cccc(NC(=O)Cc4ccccc4)c3)n2)cc1. The van der Waals surface area contributed by atoms with Crippen LogP contribution in [-0.4, -0.2) is 22.0 Å². The lowest BCUT2D eigenvalue weighted by Gasteiger charge is -2.12. The average molecular weight is 488 g/mol. The number of benzene rings is 3. The van der Waals surface area contributed by atoms with Crippen LogP contribution in [0.4, 0.5) is 10.8 Å². The van der Waals surface area contributed by atoms with Gasteiger partial charge in [-0.05, 0) is 37.6 Å². The van der Waals surface area contributed by atoms with E-state index in [9.17, 15) is 9.59 Å². The molecule has 2 amide bonds. The molecule has 172 valence electrons. The van der Waals surface area contributed by atoms with E-state index >= 15 is 0 Å². The van der Waals surface area contributed by atoms with Crippen molar-refractivity contribution in [3.63, 3.8) is 0 Å². The minimum absolute atomic E-state index is 0.0766. The van der Waals surface area contributed by atoms with E-state index in [0.29, 0.717) is 17.2 Å². The molecule has 0 aliphatic carbocycles. The third-order valence-corrected chi connectivity index (χ3v) is 6.94. The van der Waals surface area contributed by atoms with Crippen LogP contribution in [0.25, 0.3) is 11.3 Å². The van der Waals surface area contributed by atoms with Crippen molar-refractivity contribution in [2.24, 2.45) is 0 Å². The fraction of sp³-hybridized carbons (Fsp3) is 0.148. The van der Waals surface area contributed by atoms with E-state index in [1.165, 1.54) is 28.7 Å². The van der Waals surface area contributed by atoms with Crippen molar-refractivity contribution in [2.45, 2.75) is 30.4 Å². The van der Waals surface area contributed by atoms with Crippen molar-refractivity contribution in [3.05, 3.63) is 95.4 Å². The first-order valence-corrected chi connectivity index (χ1v) is 12.7. The summed E-state index contributed by atoms with van der Waals surface area (Å²) in [6.07, 6.45) is 0.315. The largest absolute Gasteiger partial charge is 0.326 e. The highest BCUT2D eigenvalue weighted by atomic mass is 32.2. The monoisotopic (exact) mass is 487 g/mol. The van der Waals surface area contributed by atoms with Crippen molar-refractivity contribution in [3.8, 4) is 11.3 Å². The van der Waals surface area contributed by atoms with Crippen LogP contribution in [0.5, 0.6) is 0 Å². The topological polar surface area (TPSA) is 71.1 Å². The van der Waals surface area contributed by atoms with Crippen molar-refractivity contribution in [1.82, 2.24) is 4.98 Å². The second-order valence-corrected chi connectivity index (χ2v) is 10.2. The second-order valence-electron chi connectivity index (χ2n) is 7.89. The van der Waals surface area contributed by atoms with Gasteiger partial charge in [0, 0.05) is 21.5 Å². The highest BCUT2D eigenvalue weighted by molar-refractivity contribution is 8.00. The maximum absolute atomic E-state index is 12.7. The molecule has 0 saturated carbocycles. The van der Waals surface area contributed by atoms with E-state index < -0.39 is 0 Å². The summed E-state index contributed by atoms with van der Waals surface area (Å²) in [4.78, 5) is 30.6. The number of nitrogens with one attached hydrogen (secondary N) is 2. The van der Waals surface area contributed by atoms with E-state index in [1.807, 2.05) is 98.1 Å². The molecule has 1 unspecified atom stereocenters. The molecular weight excluding hydrogens is 462 g/mol. The van der Waals surface area contributed by atoms with Crippen LogP contribution in [0.3, 0.4) is 0 Å². The molecule has 5 nitrogen and oxygen atoms in total. The molecule has 1 aromatic heterocycles. The summed E-state index contributed by atoms with van der Waals surface area (Å²) < 4.78 is 0. The molecule has 4 rings (SSSR count). The van der Waals surface area contributed by atoms with Crippen molar-refractivity contribution in [2.75, 3.05) is 10.6 Å². The Hall–Kier alpha value is -3.42. The number of amides is 2. The Morgan fingerprint density at radius 1 is 0.971 bits per heavy atom. The quantitative estimate of drug-likeness (QED) is 0.281. The summed E-state index contributed by atoms with van der Waals surface area (Å²) in [6, 6.07) is 25.3. The van der Waals surface area contributed by atoms with Crippen LogP contribution in [0.15, 0.2) is 89.1 Å². The first-order chi connectivity index (χ1) is 16.5. The summed E-state index contributed by atoms with van der Waals surface area (Å²) in [5.41, 5.74) is 4.73. The van der Waals surface area contributed by atoms with E-state index in [4.69, 9.17) is 0 Å². The normalized spacial score (nSPS) is 11.6. The van der Waals surface area contributed by atoms with Crippen molar-refractivity contribution in [1.29, 1.82) is 0 Å². The zero-order valence-corrected chi connectivity index (χ0v) is 20.6. The molecule has 34 heavy (non-hydrogen) atoms. The first kappa shape index (κ1) is 23.7. The van der Waals surface area contributed by atoms with E-state index in [1.54, 1.807) is 0 Å². The number of hydrogen-bond donors (Lipinski definition) is 2. The molecule has 3 aromatic carbocycles. The van der Waals surface area contributed by atoms with Gasteiger partial charge in [0.2, 0.25) is 11.8 Å². The highest BCUT2D eigenvalue weighted by Crippen LogP contribution is 2.29.